The van der Waals surface area contributed by atoms with Crippen LogP contribution in [0.2, 0.25) is 0 Å². The van der Waals surface area contributed by atoms with Gasteiger partial charge in [-0.15, -0.1) is 11.6 Å². The highest BCUT2D eigenvalue weighted by molar-refractivity contribution is 6.19. The minimum atomic E-state index is -4.29. The molecule has 0 aromatic heterocycles. The molecule has 5 heteroatoms. The van der Waals surface area contributed by atoms with Crippen molar-refractivity contribution in [1.82, 2.24) is 0 Å². The van der Waals surface area contributed by atoms with Crippen molar-refractivity contribution in [2.24, 2.45) is 0 Å². The number of hydrogen-bond acceptors (Lipinski definition) is 1. The van der Waals surface area contributed by atoms with E-state index in [1.165, 1.54) is 4.90 Å². The highest BCUT2D eigenvalue weighted by Gasteiger charge is 2.69. The van der Waals surface area contributed by atoms with Crippen molar-refractivity contribution in [1.29, 1.82) is 0 Å². The first-order chi connectivity index (χ1) is 8.33. The summed E-state index contributed by atoms with van der Waals surface area (Å²) in [5.74, 6) is -0.244. The molecule has 1 aliphatic heterocycles. The Morgan fingerprint density at radius 1 is 1.33 bits per heavy atom. The van der Waals surface area contributed by atoms with Gasteiger partial charge in [0.1, 0.15) is 0 Å². The summed E-state index contributed by atoms with van der Waals surface area (Å²) >= 11 is 5.56. The average molecular weight is 278 g/mol. The molecule has 0 spiro atoms. The van der Waals surface area contributed by atoms with Gasteiger partial charge in [-0.1, -0.05) is 32.0 Å². The maximum absolute atomic E-state index is 13.0. The molecule has 0 radical (unpaired) electrons. The van der Waals surface area contributed by atoms with E-state index in [0.29, 0.717) is 5.69 Å². The number of para-hydroxylation sites is 1. The first kappa shape index (κ1) is 13.5. The second kappa shape index (κ2) is 4.34. The first-order valence-electron chi connectivity index (χ1n) is 5.83. The zero-order chi connectivity index (χ0) is 13.6. The molecule has 1 nitrogen and oxygen atoms in total. The lowest BCUT2D eigenvalue weighted by molar-refractivity contribution is -0.150. The van der Waals surface area contributed by atoms with E-state index >= 15 is 0 Å². The fourth-order valence-corrected chi connectivity index (χ4v) is 2.58. The Morgan fingerprint density at radius 3 is 2.39 bits per heavy atom. The van der Waals surface area contributed by atoms with Crippen molar-refractivity contribution in [2.45, 2.75) is 31.5 Å². The molecular formula is C13H15ClF3N. The SMILES string of the molecule is CC(C)c1ccccc1N1CC1(CCl)C(F)(F)F. The quantitative estimate of drug-likeness (QED) is 0.592. The summed E-state index contributed by atoms with van der Waals surface area (Å²) in [6.45, 7) is 3.89. The molecule has 0 amide bonds. The second-order valence-corrected chi connectivity index (χ2v) is 5.23. The summed E-state index contributed by atoms with van der Waals surface area (Å²) in [6, 6.07) is 7.20. The first-order valence-corrected chi connectivity index (χ1v) is 6.36. The van der Waals surface area contributed by atoms with Crippen LogP contribution in [0.5, 0.6) is 0 Å². The lowest BCUT2D eigenvalue weighted by Crippen LogP contribution is -2.39. The standard InChI is InChI=1S/C13H15ClF3N/c1-9(2)10-5-3-4-6-11(10)18-8-12(18,7-14)13(15,16)17/h3-6,9H,7-8H2,1-2H3. The van der Waals surface area contributed by atoms with Gasteiger partial charge in [-0.25, -0.2) is 0 Å². The van der Waals surface area contributed by atoms with Crippen molar-refractivity contribution in [3.63, 3.8) is 0 Å². The van der Waals surface area contributed by atoms with Crippen LogP contribution in [0.1, 0.15) is 25.3 Å². The van der Waals surface area contributed by atoms with Crippen molar-refractivity contribution in [2.75, 3.05) is 17.3 Å². The van der Waals surface area contributed by atoms with E-state index in [9.17, 15) is 13.2 Å². The minimum Gasteiger partial charge on any atom is -0.352 e. The monoisotopic (exact) mass is 277 g/mol. The molecule has 0 N–H and O–H groups in total. The van der Waals surface area contributed by atoms with E-state index in [0.717, 1.165) is 5.56 Å². The number of hydrogen-bond donors (Lipinski definition) is 0. The summed E-state index contributed by atoms with van der Waals surface area (Å²) in [5, 5.41) is 0. The Morgan fingerprint density at radius 2 is 1.94 bits per heavy atom. The Labute approximate surface area is 110 Å². The van der Waals surface area contributed by atoms with E-state index in [1.807, 2.05) is 26.0 Å². The number of alkyl halides is 4. The van der Waals surface area contributed by atoms with Crippen LogP contribution in [0, 0.1) is 0 Å². The third-order valence-corrected chi connectivity index (χ3v) is 3.87. The maximum atomic E-state index is 13.0. The van der Waals surface area contributed by atoms with Crippen LogP contribution >= 0.6 is 11.6 Å². The number of benzene rings is 1. The topological polar surface area (TPSA) is 3.01 Å². The Hall–Kier alpha value is -0.900. The van der Waals surface area contributed by atoms with Crippen molar-refractivity contribution < 1.29 is 13.2 Å². The van der Waals surface area contributed by atoms with Crippen molar-refractivity contribution >= 4 is 17.3 Å². The van der Waals surface area contributed by atoms with Crippen LogP contribution in [0.4, 0.5) is 18.9 Å². The van der Waals surface area contributed by atoms with Gasteiger partial charge in [0.25, 0.3) is 0 Å². The molecule has 0 aliphatic carbocycles. The van der Waals surface area contributed by atoms with Crippen molar-refractivity contribution in [3.05, 3.63) is 29.8 Å². The highest BCUT2D eigenvalue weighted by Crippen LogP contribution is 2.51. The lowest BCUT2D eigenvalue weighted by Gasteiger charge is -2.22. The Kier molecular flexibility index (Phi) is 3.26. The largest absolute Gasteiger partial charge is 0.414 e. The fraction of sp³-hybridized carbons (Fsp3) is 0.538. The van der Waals surface area contributed by atoms with Crippen LogP contribution in [0.15, 0.2) is 24.3 Å². The molecule has 100 valence electrons. The number of nitrogens with zero attached hydrogens (tertiary/aromatic N) is 1. The molecule has 1 unspecified atom stereocenters. The van der Waals surface area contributed by atoms with Gasteiger partial charge in [0.05, 0.1) is 12.4 Å². The summed E-state index contributed by atoms with van der Waals surface area (Å²) in [7, 11) is 0. The van der Waals surface area contributed by atoms with Gasteiger partial charge in [0, 0.05) is 5.69 Å². The number of anilines is 1. The predicted octanol–water partition coefficient (Wildman–Crippen LogP) is 4.17. The number of rotatable bonds is 3. The van der Waals surface area contributed by atoms with Crippen LogP contribution < -0.4 is 4.90 Å². The fourth-order valence-electron chi connectivity index (χ4n) is 2.20. The van der Waals surface area contributed by atoms with E-state index in [2.05, 4.69) is 0 Å². The van der Waals surface area contributed by atoms with Gasteiger partial charge in [-0.05, 0) is 17.5 Å². The van der Waals surface area contributed by atoms with Gasteiger partial charge in [-0.2, -0.15) is 13.2 Å². The van der Waals surface area contributed by atoms with Gasteiger partial charge in [0.2, 0.25) is 0 Å². The predicted molar refractivity (Wildman–Crippen MR) is 67.4 cm³/mol. The molecule has 1 atom stereocenters. The summed E-state index contributed by atoms with van der Waals surface area (Å²) in [4.78, 5) is 1.36. The number of halogens is 4. The molecule has 0 saturated carbocycles. The van der Waals surface area contributed by atoms with Gasteiger partial charge < -0.3 is 4.90 Å². The second-order valence-electron chi connectivity index (χ2n) is 4.96. The zero-order valence-electron chi connectivity index (χ0n) is 10.3. The van der Waals surface area contributed by atoms with Gasteiger partial charge >= 0.3 is 6.18 Å². The molecule has 0 bridgehead atoms. The van der Waals surface area contributed by atoms with E-state index in [4.69, 9.17) is 11.6 Å². The summed E-state index contributed by atoms with van der Waals surface area (Å²) in [6.07, 6.45) is -4.29. The van der Waals surface area contributed by atoms with Crippen LogP contribution in [-0.4, -0.2) is 24.1 Å². The molecule has 18 heavy (non-hydrogen) atoms. The van der Waals surface area contributed by atoms with Crippen LogP contribution in [0.25, 0.3) is 0 Å². The molecular weight excluding hydrogens is 263 g/mol. The molecule has 1 fully saturated rings. The van der Waals surface area contributed by atoms with E-state index in [-0.39, 0.29) is 12.5 Å². The lowest BCUT2D eigenvalue weighted by atomic mass is 10.0. The third kappa shape index (κ3) is 1.96. The highest BCUT2D eigenvalue weighted by atomic mass is 35.5. The molecule has 1 saturated heterocycles. The summed E-state index contributed by atoms with van der Waals surface area (Å²) in [5.41, 5.74) is -0.307. The Balaban J connectivity index is 2.36. The maximum Gasteiger partial charge on any atom is 0.414 e. The molecule has 1 aliphatic rings. The minimum absolute atomic E-state index is 0.0519. The van der Waals surface area contributed by atoms with Gasteiger partial charge in [-0.3, -0.25) is 0 Å². The smallest absolute Gasteiger partial charge is 0.352 e. The third-order valence-electron chi connectivity index (χ3n) is 3.43. The summed E-state index contributed by atoms with van der Waals surface area (Å²) < 4.78 is 39.1. The van der Waals surface area contributed by atoms with Gasteiger partial charge in [0.15, 0.2) is 5.54 Å². The normalized spacial score (nSPS) is 23.6. The van der Waals surface area contributed by atoms with Crippen LogP contribution in [0.3, 0.4) is 0 Å². The molecule has 1 aromatic rings. The zero-order valence-corrected chi connectivity index (χ0v) is 11.0. The molecule has 2 rings (SSSR count). The molecule has 1 aromatic carbocycles. The Bertz CT molecular complexity index is 444. The van der Waals surface area contributed by atoms with Crippen LogP contribution in [-0.2, 0) is 0 Å². The van der Waals surface area contributed by atoms with E-state index < -0.39 is 17.6 Å². The van der Waals surface area contributed by atoms with E-state index in [1.54, 1.807) is 12.1 Å². The molecule has 1 heterocycles. The average Bonchev–Trinajstić information content (AvgIpc) is 3.04. The van der Waals surface area contributed by atoms with Crippen molar-refractivity contribution in [3.8, 4) is 0 Å².